The molecule has 0 fully saturated rings. The zero-order chi connectivity index (χ0) is 15.2. The second-order valence-corrected chi connectivity index (χ2v) is 6.49. The van der Waals surface area contributed by atoms with Gasteiger partial charge in [-0.2, -0.15) is 11.8 Å². The summed E-state index contributed by atoms with van der Waals surface area (Å²) in [5.74, 6) is 1.01. The molecular weight excluding hydrogens is 294 g/mol. The molecule has 0 spiro atoms. The highest BCUT2D eigenvalue weighted by Crippen LogP contribution is 2.25. The number of hydrogen-bond donors (Lipinski definition) is 2. The molecule has 0 aliphatic carbocycles. The molecule has 0 radical (unpaired) electrons. The molecule has 118 valence electrons. The Morgan fingerprint density at radius 1 is 1.52 bits per heavy atom. The van der Waals surface area contributed by atoms with Crippen molar-refractivity contribution in [3.05, 3.63) is 16.4 Å². The minimum atomic E-state index is -0.958. The molecule has 2 unspecified atom stereocenters. The molecule has 1 aromatic heterocycles. The Hall–Kier alpha value is -1.28. The highest BCUT2D eigenvalue weighted by atomic mass is 32.2. The van der Waals surface area contributed by atoms with Gasteiger partial charge in [-0.15, -0.1) is 0 Å². The number of nitrogens with zero attached hydrogens (tertiary/aromatic N) is 2. The lowest BCUT2D eigenvalue weighted by atomic mass is 10.1. The van der Waals surface area contributed by atoms with Crippen LogP contribution in [0.3, 0.4) is 0 Å². The number of nitrogens with two attached hydrogens (primary N) is 1. The molecule has 2 heterocycles. The maximum atomic E-state index is 11.7. The number of fused-ring (bicyclic) bond motifs is 1. The van der Waals surface area contributed by atoms with Crippen molar-refractivity contribution in [2.45, 2.75) is 50.6 Å². The van der Waals surface area contributed by atoms with Crippen LogP contribution in [-0.2, 0) is 11.2 Å². The highest BCUT2D eigenvalue weighted by Gasteiger charge is 2.22. The molecule has 0 saturated carbocycles. The quantitative estimate of drug-likeness (QED) is 0.723. The summed E-state index contributed by atoms with van der Waals surface area (Å²) in [5, 5.41) is 12.5. The first-order valence-electron chi connectivity index (χ1n) is 7.23. The van der Waals surface area contributed by atoms with Crippen LogP contribution in [0.25, 0.3) is 0 Å². The Kier molecular flexibility index (Phi) is 5.86. The summed E-state index contributed by atoms with van der Waals surface area (Å²) < 4.78 is 6.45. The van der Waals surface area contributed by atoms with Gasteiger partial charge in [-0.25, -0.2) is 4.79 Å². The fourth-order valence-electron chi connectivity index (χ4n) is 2.53. The Morgan fingerprint density at radius 3 is 3.10 bits per heavy atom. The maximum Gasteiger partial charge on any atom is 0.441 e. The van der Waals surface area contributed by atoms with E-state index in [9.17, 15) is 9.59 Å². The molecular formula is C13H21N3O4S. The Labute approximate surface area is 126 Å². The zero-order valence-electron chi connectivity index (χ0n) is 11.9. The Balaban J connectivity index is 1.79. The standard InChI is InChI=1S/C13H21N3O4S/c14-10(12(17)18)6-8-21-7-5-9-3-1-2-4-11-15-20-13(19)16(9)11/h9-10H,1-8,14H2,(H,17,18). The van der Waals surface area contributed by atoms with Crippen molar-refractivity contribution in [2.24, 2.45) is 5.73 Å². The molecule has 1 aliphatic rings. The molecule has 0 amide bonds. The number of aryl methyl sites for hydroxylation is 1. The lowest BCUT2D eigenvalue weighted by Gasteiger charge is -2.15. The fraction of sp³-hybridized carbons (Fsp3) is 0.769. The smallest absolute Gasteiger partial charge is 0.441 e. The summed E-state index contributed by atoms with van der Waals surface area (Å²) in [4.78, 5) is 22.3. The van der Waals surface area contributed by atoms with Crippen LogP contribution in [0.1, 0.15) is 44.0 Å². The molecule has 8 heteroatoms. The average Bonchev–Trinajstić information content (AvgIpc) is 2.70. The minimum Gasteiger partial charge on any atom is -0.480 e. The van der Waals surface area contributed by atoms with Crippen molar-refractivity contribution >= 4 is 17.7 Å². The number of aliphatic carboxylic acids is 1. The molecule has 0 aromatic carbocycles. The molecule has 2 rings (SSSR count). The predicted octanol–water partition coefficient (Wildman–Crippen LogP) is 1.03. The van der Waals surface area contributed by atoms with Gasteiger partial charge in [0.15, 0.2) is 5.82 Å². The van der Waals surface area contributed by atoms with Crippen molar-refractivity contribution in [3.8, 4) is 0 Å². The Morgan fingerprint density at radius 2 is 2.33 bits per heavy atom. The first kappa shape index (κ1) is 16.1. The predicted molar refractivity (Wildman–Crippen MR) is 79.5 cm³/mol. The summed E-state index contributed by atoms with van der Waals surface area (Å²) in [7, 11) is 0. The number of carboxylic acids is 1. The summed E-state index contributed by atoms with van der Waals surface area (Å²) in [6, 6.07) is -0.649. The molecule has 7 nitrogen and oxygen atoms in total. The van der Waals surface area contributed by atoms with Crippen LogP contribution in [0.15, 0.2) is 9.32 Å². The fourth-order valence-corrected chi connectivity index (χ4v) is 3.60. The topological polar surface area (TPSA) is 111 Å². The average molecular weight is 315 g/mol. The van der Waals surface area contributed by atoms with Crippen molar-refractivity contribution < 1.29 is 14.4 Å². The van der Waals surface area contributed by atoms with E-state index in [1.165, 1.54) is 0 Å². The molecule has 3 N–H and O–H groups in total. The van der Waals surface area contributed by atoms with Crippen LogP contribution in [0.2, 0.25) is 0 Å². The number of rotatable bonds is 7. The van der Waals surface area contributed by atoms with E-state index in [4.69, 9.17) is 15.4 Å². The van der Waals surface area contributed by atoms with E-state index in [2.05, 4.69) is 5.16 Å². The van der Waals surface area contributed by atoms with Crippen molar-refractivity contribution in [3.63, 3.8) is 0 Å². The van der Waals surface area contributed by atoms with Gasteiger partial charge >= 0.3 is 11.7 Å². The van der Waals surface area contributed by atoms with Crippen LogP contribution in [-0.4, -0.2) is 38.3 Å². The normalized spacial score (nSPS) is 19.8. The van der Waals surface area contributed by atoms with Gasteiger partial charge in [-0.1, -0.05) is 11.6 Å². The Bertz CT molecular complexity index is 528. The van der Waals surface area contributed by atoms with Crippen LogP contribution >= 0.6 is 11.8 Å². The van der Waals surface area contributed by atoms with Crippen LogP contribution in [0, 0.1) is 0 Å². The van der Waals surface area contributed by atoms with Gasteiger partial charge in [-0.3, -0.25) is 13.9 Å². The number of carbonyl (C=O) groups is 1. The van der Waals surface area contributed by atoms with Gasteiger partial charge in [-0.05, 0) is 37.2 Å². The van der Waals surface area contributed by atoms with Gasteiger partial charge in [0.05, 0.1) is 0 Å². The van der Waals surface area contributed by atoms with E-state index in [1.807, 2.05) is 0 Å². The summed E-state index contributed by atoms with van der Waals surface area (Å²) in [5.41, 5.74) is 5.45. The minimum absolute atomic E-state index is 0.141. The molecule has 0 saturated heterocycles. The number of hydrogen-bond acceptors (Lipinski definition) is 6. The third-order valence-corrected chi connectivity index (χ3v) is 4.79. The molecule has 2 atom stereocenters. The zero-order valence-corrected chi connectivity index (χ0v) is 12.7. The lowest BCUT2D eigenvalue weighted by molar-refractivity contribution is -0.138. The number of thioether (sulfide) groups is 1. The third kappa shape index (κ3) is 4.34. The second kappa shape index (κ2) is 7.65. The van der Waals surface area contributed by atoms with Gasteiger partial charge < -0.3 is 10.8 Å². The van der Waals surface area contributed by atoms with Crippen molar-refractivity contribution in [1.29, 1.82) is 0 Å². The lowest BCUT2D eigenvalue weighted by Crippen LogP contribution is -2.30. The largest absolute Gasteiger partial charge is 0.480 e. The van der Waals surface area contributed by atoms with Gasteiger partial charge in [0.2, 0.25) is 0 Å². The summed E-state index contributed by atoms with van der Waals surface area (Å²) >= 11 is 1.67. The number of carboxylic acid groups (broad SMARTS) is 1. The van der Waals surface area contributed by atoms with Gasteiger partial charge in [0, 0.05) is 12.5 Å². The summed E-state index contributed by atoms with van der Waals surface area (Å²) in [6.07, 6.45) is 5.20. The van der Waals surface area contributed by atoms with Crippen molar-refractivity contribution in [1.82, 2.24) is 9.72 Å². The van der Waals surface area contributed by atoms with Crippen LogP contribution < -0.4 is 11.5 Å². The van der Waals surface area contributed by atoms with E-state index in [0.29, 0.717) is 12.2 Å². The molecule has 0 bridgehead atoms. The number of aromatic nitrogens is 2. The summed E-state index contributed by atoms with van der Waals surface area (Å²) in [6.45, 7) is 0. The highest BCUT2D eigenvalue weighted by molar-refractivity contribution is 7.99. The van der Waals surface area contributed by atoms with Crippen LogP contribution in [0.4, 0.5) is 0 Å². The SMILES string of the molecule is NC(CCSCCC1CCCCc2noc(=O)n21)C(=O)O. The first-order valence-corrected chi connectivity index (χ1v) is 8.38. The monoisotopic (exact) mass is 315 g/mol. The van der Waals surface area contributed by atoms with Gasteiger partial charge in [0.25, 0.3) is 0 Å². The van der Waals surface area contributed by atoms with Crippen molar-refractivity contribution in [2.75, 3.05) is 11.5 Å². The van der Waals surface area contributed by atoms with E-state index >= 15 is 0 Å². The molecule has 1 aromatic rings. The third-order valence-electron chi connectivity index (χ3n) is 3.74. The van der Waals surface area contributed by atoms with E-state index in [0.717, 1.165) is 43.7 Å². The van der Waals surface area contributed by atoms with E-state index in [-0.39, 0.29) is 11.8 Å². The maximum absolute atomic E-state index is 11.7. The molecule has 21 heavy (non-hydrogen) atoms. The second-order valence-electron chi connectivity index (χ2n) is 5.27. The first-order chi connectivity index (χ1) is 10.1. The van der Waals surface area contributed by atoms with E-state index in [1.54, 1.807) is 16.3 Å². The van der Waals surface area contributed by atoms with Crippen LogP contribution in [0.5, 0.6) is 0 Å². The molecule has 1 aliphatic heterocycles. The van der Waals surface area contributed by atoms with Gasteiger partial charge in [0.1, 0.15) is 6.04 Å². The van der Waals surface area contributed by atoms with E-state index < -0.39 is 12.0 Å².